The first-order chi connectivity index (χ1) is 13.4. The van der Waals surface area contributed by atoms with E-state index in [2.05, 4.69) is 18.8 Å². The summed E-state index contributed by atoms with van der Waals surface area (Å²) >= 11 is 0. The van der Waals surface area contributed by atoms with Crippen LogP contribution >= 0.6 is 0 Å². The minimum Gasteiger partial charge on any atom is -0.462 e. The lowest BCUT2D eigenvalue weighted by atomic mass is 9.95. The van der Waals surface area contributed by atoms with E-state index >= 15 is 0 Å². The van der Waals surface area contributed by atoms with Crippen molar-refractivity contribution in [2.75, 3.05) is 6.61 Å². The van der Waals surface area contributed by atoms with Gasteiger partial charge in [-0.2, -0.15) is 0 Å². The normalized spacial score (nSPS) is 16.8. The first kappa shape index (κ1) is 20.1. The second kappa shape index (κ2) is 8.55. The summed E-state index contributed by atoms with van der Waals surface area (Å²) < 4.78 is 19.3. The van der Waals surface area contributed by atoms with Crippen molar-refractivity contribution in [3.8, 4) is 0 Å². The van der Waals surface area contributed by atoms with E-state index in [9.17, 15) is 14.0 Å². The molecule has 4 nitrogen and oxygen atoms in total. The zero-order valence-electron chi connectivity index (χ0n) is 16.5. The molecule has 0 amide bonds. The van der Waals surface area contributed by atoms with Crippen LogP contribution in [0.1, 0.15) is 56.1 Å². The molecule has 5 heteroatoms. The number of nitrogens with one attached hydrogen (secondary N) is 1. The molecule has 3 rings (SSSR count). The maximum absolute atomic E-state index is 13.9. The number of pyridine rings is 1. The average molecular weight is 383 g/mol. The Morgan fingerprint density at radius 3 is 2.71 bits per heavy atom. The number of ether oxygens (including phenoxy) is 1. The molecule has 0 fully saturated rings. The second-order valence-electron chi connectivity index (χ2n) is 7.41. The van der Waals surface area contributed by atoms with Gasteiger partial charge < -0.3 is 9.72 Å². The van der Waals surface area contributed by atoms with E-state index in [1.54, 1.807) is 18.2 Å². The summed E-state index contributed by atoms with van der Waals surface area (Å²) in [4.78, 5) is 28.1. The van der Waals surface area contributed by atoms with Gasteiger partial charge in [-0.15, -0.1) is 0 Å². The van der Waals surface area contributed by atoms with E-state index in [4.69, 9.17) is 4.74 Å². The maximum Gasteiger partial charge on any atom is 0.338 e. The Balaban J connectivity index is 1.87. The van der Waals surface area contributed by atoms with Crippen molar-refractivity contribution in [1.82, 2.24) is 4.98 Å². The molecule has 148 valence electrons. The highest BCUT2D eigenvalue weighted by molar-refractivity contribution is 5.94. The molecule has 0 saturated carbocycles. The number of rotatable bonds is 6. The third kappa shape index (κ3) is 4.24. The van der Waals surface area contributed by atoms with Gasteiger partial charge in [0, 0.05) is 28.6 Å². The van der Waals surface area contributed by atoms with Gasteiger partial charge in [0.25, 0.3) is 0 Å². The van der Waals surface area contributed by atoms with Gasteiger partial charge in [0.2, 0.25) is 0 Å². The third-order valence-electron chi connectivity index (χ3n) is 5.44. The molecule has 1 aliphatic carbocycles. The molecular formula is C23H26FNO3. The highest BCUT2D eigenvalue weighted by Gasteiger charge is 2.16. The average Bonchev–Trinajstić information content (AvgIpc) is 2.70. The van der Waals surface area contributed by atoms with E-state index in [0.29, 0.717) is 46.7 Å². The van der Waals surface area contributed by atoms with Crippen LogP contribution in [-0.4, -0.2) is 17.6 Å². The van der Waals surface area contributed by atoms with Gasteiger partial charge in [0.1, 0.15) is 5.83 Å². The van der Waals surface area contributed by atoms with Crippen molar-refractivity contribution >= 4 is 22.4 Å². The lowest BCUT2D eigenvalue weighted by molar-refractivity contribution is 0.0433. The van der Waals surface area contributed by atoms with Gasteiger partial charge in [0.15, 0.2) is 5.43 Å². The summed E-state index contributed by atoms with van der Waals surface area (Å²) in [6.45, 7) is 6.34. The Kier molecular flexibility index (Phi) is 6.12. The van der Waals surface area contributed by atoms with Crippen LogP contribution in [0.3, 0.4) is 0 Å². The molecule has 0 aliphatic heterocycles. The summed E-state index contributed by atoms with van der Waals surface area (Å²) in [6.07, 6.45) is 5.89. The smallest absolute Gasteiger partial charge is 0.338 e. The molecule has 1 heterocycles. The van der Waals surface area contributed by atoms with E-state index in [1.807, 2.05) is 13.0 Å². The highest BCUT2D eigenvalue weighted by Crippen LogP contribution is 2.29. The van der Waals surface area contributed by atoms with Gasteiger partial charge in [-0.3, -0.25) is 4.79 Å². The summed E-state index contributed by atoms with van der Waals surface area (Å²) in [7, 11) is 0. The Morgan fingerprint density at radius 2 is 2.04 bits per heavy atom. The molecule has 1 aromatic heterocycles. The van der Waals surface area contributed by atoms with Crippen molar-refractivity contribution in [1.29, 1.82) is 0 Å². The predicted molar refractivity (Wildman–Crippen MR) is 110 cm³/mol. The third-order valence-corrected chi connectivity index (χ3v) is 5.44. The Morgan fingerprint density at radius 1 is 1.29 bits per heavy atom. The van der Waals surface area contributed by atoms with Crippen LogP contribution in [0, 0.1) is 11.8 Å². The number of carbonyl (C=O) groups is 1. The fraction of sp³-hybridized carbons (Fsp3) is 0.391. The number of hydrogen-bond acceptors (Lipinski definition) is 3. The number of carbonyl (C=O) groups excluding carboxylic acids is 1. The van der Waals surface area contributed by atoms with E-state index in [1.165, 1.54) is 12.1 Å². The summed E-state index contributed by atoms with van der Waals surface area (Å²) in [5.74, 6) is -0.403. The van der Waals surface area contributed by atoms with Crippen LogP contribution in [-0.2, 0) is 4.74 Å². The minimum absolute atomic E-state index is 0.135. The number of aromatic nitrogens is 1. The number of allylic oxidation sites excluding steroid dienone is 4. The van der Waals surface area contributed by atoms with Crippen LogP contribution in [0.15, 0.2) is 47.0 Å². The molecule has 0 radical (unpaired) electrons. The van der Waals surface area contributed by atoms with E-state index in [0.717, 1.165) is 12.8 Å². The van der Waals surface area contributed by atoms with E-state index < -0.39 is 5.97 Å². The second-order valence-corrected chi connectivity index (χ2v) is 7.41. The van der Waals surface area contributed by atoms with Crippen LogP contribution < -0.4 is 5.43 Å². The van der Waals surface area contributed by atoms with Crippen molar-refractivity contribution in [3.05, 3.63) is 63.7 Å². The lowest BCUT2D eigenvalue weighted by Crippen LogP contribution is -2.14. The first-order valence-corrected chi connectivity index (χ1v) is 9.84. The maximum atomic E-state index is 13.9. The number of H-pyrrole nitrogens is 1. The summed E-state index contributed by atoms with van der Waals surface area (Å²) in [5.41, 5.74) is 1.99. The fourth-order valence-corrected chi connectivity index (χ4v) is 3.28. The molecular weight excluding hydrogens is 357 g/mol. The quantitative estimate of drug-likeness (QED) is 0.680. The van der Waals surface area contributed by atoms with Crippen molar-refractivity contribution < 1.29 is 13.9 Å². The van der Waals surface area contributed by atoms with Crippen LogP contribution in [0.25, 0.3) is 16.5 Å². The Hall–Kier alpha value is -2.69. The Bertz CT molecular complexity index is 999. The number of benzene rings is 1. The van der Waals surface area contributed by atoms with Gasteiger partial charge in [-0.1, -0.05) is 39.7 Å². The largest absolute Gasteiger partial charge is 0.462 e. The van der Waals surface area contributed by atoms with Crippen molar-refractivity contribution in [2.24, 2.45) is 11.8 Å². The molecule has 0 spiro atoms. The standard InChI is InChI=1S/C23H26FNO3/c1-4-15(5-2)13-28-23(27)17-8-9-20-18(10-17)22(26)12-21(25-20)16-7-6-14(3)19(24)11-16/h7-12,14-15H,4-6,13H2,1-3H3,(H,25,26). The number of aromatic amines is 1. The summed E-state index contributed by atoms with van der Waals surface area (Å²) in [6, 6.07) is 6.35. The molecule has 1 unspecified atom stereocenters. The van der Waals surface area contributed by atoms with Crippen molar-refractivity contribution in [3.63, 3.8) is 0 Å². The lowest BCUT2D eigenvalue weighted by Gasteiger charge is -2.15. The van der Waals surface area contributed by atoms with E-state index in [-0.39, 0.29) is 17.2 Å². The molecule has 1 aromatic carbocycles. The number of fused-ring (bicyclic) bond motifs is 1. The molecule has 1 atom stereocenters. The molecule has 28 heavy (non-hydrogen) atoms. The molecule has 2 aromatic rings. The molecule has 0 bridgehead atoms. The van der Waals surface area contributed by atoms with Gasteiger partial charge in [-0.05, 0) is 42.2 Å². The number of hydrogen-bond donors (Lipinski definition) is 1. The SMILES string of the molecule is CCC(CC)COC(=O)c1ccc2[nH]c(C3=CCC(C)C(F)=C3)cc(=O)c2c1. The summed E-state index contributed by atoms with van der Waals surface area (Å²) in [5, 5.41) is 0.412. The molecule has 1 aliphatic rings. The monoisotopic (exact) mass is 383 g/mol. The predicted octanol–water partition coefficient (Wildman–Crippen LogP) is 5.40. The van der Waals surface area contributed by atoms with Crippen molar-refractivity contribution in [2.45, 2.75) is 40.0 Å². The zero-order chi connectivity index (χ0) is 20.3. The topological polar surface area (TPSA) is 59.2 Å². The van der Waals surface area contributed by atoms with Crippen LogP contribution in [0.4, 0.5) is 4.39 Å². The van der Waals surface area contributed by atoms with Gasteiger partial charge >= 0.3 is 5.97 Å². The molecule has 1 N–H and O–H groups in total. The first-order valence-electron chi connectivity index (χ1n) is 9.84. The van der Waals surface area contributed by atoms with Gasteiger partial charge in [-0.25, -0.2) is 9.18 Å². The minimum atomic E-state index is -0.425. The number of halogens is 1. The number of esters is 1. The zero-order valence-corrected chi connectivity index (χ0v) is 16.5. The van der Waals surface area contributed by atoms with Crippen LogP contribution in [0.5, 0.6) is 0 Å². The fourth-order valence-electron chi connectivity index (χ4n) is 3.28. The highest BCUT2D eigenvalue weighted by atomic mass is 19.1. The van der Waals surface area contributed by atoms with Gasteiger partial charge in [0.05, 0.1) is 12.2 Å². The molecule has 0 saturated heterocycles. The Labute approximate surface area is 164 Å². The van der Waals surface area contributed by atoms with Crippen LogP contribution in [0.2, 0.25) is 0 Å².